The summed E-state index contributed by atoms with van der Waals surface area (Å²) in [6.45, 7) is 1.45. The summed E-state index contributed by atoms with van der Waals surface area (Å²) in [5, 5.41) is -0.714. The van der Waals surface area contributed by atoms with E-state index in [4.69, 9.17) is 11.6 Å². The molecule has 1 aromatic rings. The summed E-state index contributed by atoms with van der Waals surface area (Å²) in [6, 6.07) is 7.45. The lowest BCUT2D eigenvalue weighted by molar-refractivity contribution is -0.112. The van der Waals surface area contributed by atoms with Gasteiger partial charge in [0.1, 0.15) is 6.04 Å². The molecule has 0 saturated heterocycles. The van der Waals surface area contributed by atoms with Crippen LogP contribution in [0.4, 0.5) is 5.69 Å². The molecule has 4 nitrogen and oxygen atoms in total. The maximum Gasteiger partial charge on any atom is 0.245 e. The highest BCUT2D eigenvalue weighted by Gasteiger charge is 2.27. The van der Waals surface area contributed by atoms with Crippen molar-refractivity contribution in [1.82, 2.24) is 0 Å². The molecule has 0 aliphatic heterocycles. The molecule has 1 aromatic carbocycles. The number of carbonyl (C=O) groups is 1. The third-order valence-electron chi connectivity index (χ3n) is 2.05. The smallest absolute Gasteiger partial charge is 0.245 e. The largest absolute Gasteiger partial charge is 0.279 e. The lowest BCUT2D eigenvalue weighted by atomic mass is 10.3. The van der Waals surface area contributed by atoms with Gasteiger partial charge < -0.3 is 0 Å². The number of carbonyl (C=O) groups excluding carboxylic acids is 1. The van der Waals surface area contributed by atoms with Crippen LogP contribution in [0.1, 0.15) is 6.92 Å². The summed E-state index contributed by atoms with van der Waals surface area (Å²) < 4.78 is 24.2. The Hall–Kier alpha value is -1.07. The van der Waals surface area contributed by atoms with E-state index in [-0.39, 0.29) is 0 Å². The molecule has 1 atom stereocenters. The van der Waals surface area contributed by atoms with E-state index < -0.39 is 21.3 Å². The molecule has 1 unspecified atom stereocenters. The Balaban J connectivity index is 3.23. The van der Waals surface area contributed by atoms with Gasteiger partial charge in [0.25, 0.3) is 0 Å². The third kappa shape index (κ3) is 2.96. The molecule has 0 amide bonds. The molecule has 16 heavy (non-hydrogen) atoms. The summed E-state index contributed by atoms with van der Waals surface area (Å²) in [5.74, 6) is 0. The average Bonchev–Trinajstić information content (AvgIpc) is 2.17. The second kappa shape index (κ2) is 4.84. The van der Waals surface area contributed by atoms with Crippen LogP contribution in [0.15, 0.2) is 30.3 Å². The van der Waals surface area contributed by atoms with E-state index in [9.17, 15) is 13.2 Å². The van der Waals surface area contributed by atoms with Gasteiger partial charge in [0.15, 0.2) is 0 Å². The van der Waals surface area contributed by atoms with Gasteiger partial charge in [0.05, 0.1) is 11.9 Å². The van der Waals surface area contributed by atoms with Gasteiger partial charge in [0.2, 0.25) is 15.3 Å². The van der Waals surface area contributed by atoms with Crippen molar-refractivity contribution in [3.05, 3.63) is 30.3 Å². The first-order chi connectivity index (χ1) is 7.34. The molecule has 0 heterocycles. The molecule has 6 heteroatoms. The molecule has 0 aromatic heterocycles. The summed E-state index contributed by atoms with van der Waals surface area (Å²) >= 11 is 5.33. The molecule has 0 aliphatic rings. The average molecular weight is 262 g/mol. The van der Waals surface area contributed by atoms with Crippen LogP contribution in [0.3, 0.4) is 0 Å². The van der Waals surface area contributed by atoms with E-state index in [1.807, 2.05) is 0 Å². The zero-order valence-electron chi connectivity index (χ0n) is 8.92. The van der Waals surface area contributed by atoms with Crippen LogP contribution in [0.25, 0.3) is 0 Å². The van der Waals surface area contributed by atoms with Crippen LogP contribution < -0.4 is 4.31 Å². The topological polar surface area (TPSA) is 54.5 Å². The zero-order valence-corrected chi connectivity index (χ0v) is 10.5. The van der Waals surface area contributed by atoms with E-state index in [0.29, 0.717) is 5.69 Å². The second-order valence-corrected chi connectivity index (χ2v) is 5.61. The molecule has 88 valence electrons. The van der Waals surface area contributed by atoms with E-state index in [0.717, 1.165) is 10.6 Å². The second-order valence-electron chi connectivity index (χ2n) is 3.37. The fourth-order valence-corrected chi connectivity index (χ4v) is 2.70. The van der Waals surface area contributed by atoms with Gasteiger partial charge in [-0.3, -0.25) is 9.10 Å². The van der Waals surface area contributed by atoms with Gasteiger partial charge in [-0.05, 0) is 30.7 Å². The number of rotatable bonds is 4. The van der Waals surface area contributed by atoms with Crippen LogP contribution in [0.5, 0.6) is 0 Å². The Labute approximate surface area is 99.9 Å². The van der Waals surface area contributed by atoms with Crippen LogP contribution in [-0.4, -0.2) is 26.0 Å². The molecule has 0 bridgehead atoms. The summed E-state index contributed by atoms with van der Waals surface area (Å²) in [4.78, 5) is 11.1. The number of halogens is 1. The monoisotopic (exact) mass is 261 g/mol. The minimum atomic E-state index is -3.53. The Morgan fingerprint density at radius 1 is 1.31 bits per heavy atom. The predicted octanol–water partition coefficient (Wildman–Crippen LogP) is 1.61. The molecule has 0 N–H and O–H groups in total. The lowest BCUT2D eigenvalue weighted by Gasteiger charge is -2.26. The molecule has 0 radical (unpaired) electrons. The summed E-state index contributed by atoms with van der Waals surface area (Å²) in [7, 11) is -3.53. The predicted molar refractivity (Wildman–Crippen MR) is 64.1 cm³/mol. The first-order valence-electron chi connectivity index (χ1n) is 4.58. The van der Waals surface area contributed by atoms with Gasteiger partial charge >= 0.3 is 0 Å². The maximum absolute atomic E-state index is 11.6. The van der Waals surface area contributed by atoms with Crippen molar-refractivity contribution >= 4 is 32.6 Å². The minimum absolute atomic E-state index is 0.423. The molecular formula is C10H12ClNO3S. The van der Waals surface area contributed by atoms with Crippen LogP contribution in [0.2, 0.25) is 0 Å². The molecule has 0 spiro atoms. The molecule has 0 fully saturated rings. The minimum Gasteiger partial charge on any atom is -0.279 e. The van der Waals surface area contributed by atoms with Crippen LogP contribution in [-0.2, 0) is 14.8 Å². The molecule has 0 aliphatic carbocycles. The lowest BCUT2D eigenvalue weighted by Crippen LogP contribution is -2.41. The van der Waals surface area contributed by atoms with Crippen LogP contribution >= 0.6 is 11.6 Å². The number of anilines is 1. The number of sulfonamides is 1. The van der Waals surface area contributed by atoms with Crippen molar-refractivity contribution in [3.8, 4) is 0 Å². The van der Waals surface area contributed by atoms with Gasteiger partial charge in [-0.2, -0.15) is 0 Å². The normalized spacial score (nSPS) is 13.2. The molecule has 1 rings (SSSR count). The van der Waals surface area contributed by atoms with Crippen molar-refractivity contribution in [2.75, 3.05) is 10.6 Å². The van der Waals surface area contributed by atoms with Gasteiger partial charge in [-0.15, -0.1) is 0 Å². The first-order valence-corrected chi connectivity index (χ1v) is 6.80. The zero-order chi connectivity index (χ0) is 12.3. The SMILES string of the molecule is CC(C(=O)Cl)N(c1ccccc1)S(C)(=O)=O. The van der Waals surface area contributed by atoms with Crippen molar-refractivity contribution in [2.24, 2.45) is 0 Å². The standard InChI is InChI=1S/C10H12ClNO3S/c1-8(10(11)13)12(16(2,14)15)9-6-4-3-5-7-9/h3-8H,1-2H3. The van der Waals surface area contributed by atoms with Crippen molar-refractivity contribution in [3.63, 3.8) is 0 Å². The van der Waals surface area contributed by atoms with E-state index in [1.54, 1.807) is 30.3 Å². The van der Waals surface area contributed by atoms with Crippen LogP contribution in [0, 0.1) is 0 Å². The highest BCUT2D eigenvalue weighted by Crippen LogP contribution is 2.20. The van der Waals surface area contributed by atoms with Crippen molar-refractivity contribution in [1.29, 1.82) is 0 Å². The number of benzene rings is 1. The number of hydrogen-bond donors (Lipinski definition) is 0. The number of para-hydroxylation sites is 1. The van der Waals surface area contributed by atoms with E-state index >= 15 is 0 Å². The third-order valence-corrected chi connectivity index (χ3v) is 3.61. The Kier molecular flexibility index (Phi) is 3.93. The first kappa shape index (κ1) is 13.0. The highest BCUT2D eigenvalue weighted by molar-refractivity contribution is 7.92. The van der Waals surface area contributed by atoms with Crippen molar-refractivity contribution < 1.29 is 13.2 Å². The Bertz CT molecular complexity index is 472. The molecular weight excluding hydrogens is 250 g/mol. The Morgan fingerprint density at radius 3 is 2.19 bits per heavy atom. The number of hydrogen-bond acceptors (Lipinski definition) is 3. The quantitative estimate of drug-likeness (QED) is 0.774. The fraction of sp³-hybridized carbons (Fsp3) is 0.300. The van der Waals surface area contributed by atoms with E-state index in [1.165, 1.54) is 6.92 Å². The van der Waals surface area contributed by atoms with Gasteiger partial charge in [-0.1, -0.05) is 18.2 Å². The highest BCUT2D eigenvalue weighted by atomic mass is 35.5. The van der Waals surface area contributed by atoms with Gasteiger partial charge in [-0.25, -0.2) is 8.42 Å². The maximum atomic E-state index is 11.6. The van der Waals surface area contributed by atoms with Gasteiger partial charge in [0, 0.05) is 0 Å². The summed E-state index contributed by atoms with van der Waals surface area (Å²) in [6.07, 6.45) is 1.04. The van der Waals surface area contributed by atoms with E-state index in [2.05, 4.69) is 0 Å². The fourth-order valence-electron chi connectivity index (χ4n) is 1.37. The van der Waals surface area contributed by atoms with Crippen molar-refractivity contribution in [2.45, 2.75) is 13.0 Å². The molecule has 0 saturated carbocycles. The number of nitrogens with zero attached hydrogens (tertiary/aromatic N) is 1. The summed E-state index contributed by atoms with van der Waals surface area (Å²) in [5.41, 5.74) is 0.423. The Morgan fingerprint density at radius 2 is 1.81 bits per heavy atom.